The Morgan fingerprint density at radius 1 is 1.27 bits per heavy atom. The van der Waals surface area contributed by atoms with Crippen molar-refractivity contribution in [3.05, 3.63) is 0 Å². The van der Waals surface area contributed by atoms with Crippen molar-refractivity contribution in [2.75, 3.05) is 33.4 Å². The SMILES string of the molecule is C#CCNC(=O)COP(=O)(OC)OCCNC(=O)C(F)(F)F. The van der Waals surface area contributed by atoms with Gasteiger partial charge in [0.25, 0.3) is 0 Å². The lowest BCUT2D eigenvalue weighted by Crippen LogP contribution is -2.38. The van der Waals surface area contributed by atoms with Gasteiger partial charge >= 0.3 is 19.9 Å². The first-order valence-corrected chi connectivity index (χ1v) is 7.10. The average Bonchev–Trinajstić information content (AvgIpc) is 2.46. The van der Waals surface area contributed by atoms with Crippen LogP contribution in [0.25, 0.3) is 0 Å². The number of halogens is 3. The van der Waals surface area contributed by atoms with Gasteiger partial charge in [-0.15, -0.1) is 6.42 Å². The molecule has 1 unspecified atom stereocenters. The third kappa shape index (κ3) is 8.63. The first kappa shape index (κ1) is 20.4. The Kier molecular flexibility index (Phi) is 8.74. The van der Waals surface area contributed by atoms with Crippen molar-refractivity contribution in [2.24, 2.45) is 0 Å². The first-order chi connectivity index (χ1) is 10.1. The van der Waals surface area contributed by atoms with Gasteiger partial charge < -0.3 is 10.6 Å². The molecule has 2 amide bonds. The van der Waals surface area contributed by atoms with E-state index in [1.54, 1.807) is 0 Å². The van der Waals surface area contributed by atoms with Crippen molar-refractivity contribution in [1.82, 2.24) is 10.6 Å². The summed E-state index contributed by atoms with van der Waals surface area (Å²) in [5.74, 6) is -0.736. The second-order valence-corrected chi connectivity index (χ2v) is 5.25. The second kappa shape index (κ2) is 9.42. The molecule has 0 aliphatic heterocycles. The van der Waals surface area contributed by atoms with Gasteiger partial charge in [0.05, 0.1) is 13.2 Å². The zero-order valence-electron chi connectivity index (χ0n) is 11.4. The molecule has 0 saturated heterocycles. The highest BCUT2D eigenvalue weighted by molar-refractivity contribution is 7.48. The molecule has 8 nitrogen and oxygen atoms in total. The molecule has 22 heavy (non-hydrogen) atoms. The highest BCUT2D eigenvalue weighted by Gasteiger charge is 2.38. The Hall–Kier alpha value is -1.60. The fourth-order valence-corrected chi connectivity index (χ4v) is 1.78. The number of terminal acetylenes is 1. The van der Waals surface area contributed by atoms with Crippen molar-refractivity contribution < 1.29 is 40.9 Å². The van der Waals surface area contributed by atoms with Crippen LogP contribution in [0.15, 0.2) is 0 Å². The molecule has 0 aliphatic rings. The fraction of sp³-hybridized carbons (Fsp3) is 0.600. The van der Waals surface area contributed by atoms with E-state index < -0.39 is 45.6 Å². The van der Waals surface area contributed by atoms with E-state index in [0.717, 1.165) is 7.11 Å². The van der Waals surface area contributed by atoms with Crippen LogP contribution in [-0.2, 0) is 27.7 Å². The van der Waals surface area contributed by atoms with Crippen LogP contribution in [-0.4, -0.2) is 51.4 Å². The van der Waals surface area contributed by atoms with Gasteiger partial charge in [0.2, 0.25) is 5.91 Å². The van der Waals surface area contributed by atoms with Gasteiger partial charge in [-0.1, -0.05) is 5.92 Å². The van der Waals surface area contributed by atoms with Crippen LogP contribution in [0.1, 0.15) is 0 Å². The van der Waals surface area contributed by atoms with Gasteiger partial charge in [-0.3, -0.25) is 23.2 Å². The van der Waals surface area contributed by atoms with Gasteiger partial charge in [0.1, 0.15) is 6.61 Å². The molecule has 0 bridgehead atoms. The Morgan fingerprint density at radius 2 is 1.91 bits per heavy atom. The molecule has 126 valence electrons. The second-order valence-electron chi connectivity index (χ2n) is 3.47. The number of phosphoric ester groups is 1. The van der Waals surface area contributed by atoms with E-state index in [1.165, 1.54) is 5.32 Å². The summed E-state index contributed by atoms with van der Waals surface area (Å²) in [6, 6.07) is 0. The minimum atomic E-state index is -5.03. The molecule has 0 radical (unpaired) electrons. The maximum Gasteiger partial charge on any atom is 0.475 e. The number of nitrogens with one attached hydrogen (secondary N) is 2. The van der Waals surface area contributed by atoms with Crippen LogP contribution in [0.5, 0.6) is 0 Å². The van der Waals surface area contributed by atoms with Crippen LogP contribution in [0.4, 0.5) is 13.2 Å². The van der Waals surface area contributed by atoms with E-state index in [4.69, 9.17) is 6.42 Å². The normalized spacial score (nSPS) is 13.8. The van der Waals surface area contributed by atoms with Gasteiger partial charge in [-0.2, -0.15) is 13.2 Å². The number of alkyl halides is 3. The Balaban J connectivity index is 4.13. The molecular formula is C10H14F3N2O6P. The molecule has 0 spiro atoms. The van der Waals surface area contributed by atoms with E-state index >= 15 is 0 Å². The highest BCUT2D eigenvalue weighted by atomic mass is 31.2. The molecule has 0 aliphatic carbocycles. The van der Waals surface area contributed by atoms with Crippen molar-refractivity contribution in [1.29, 1.82) is 0 Å². The molecular weight excluding hydrogens is 332 g/mol. The highest BCUT2D eigenvalue weighted by Crippen LogP contribution is 2.48. The Bertz CT molecular complexity index is 476. The number of hydrogen-bond donors (Lipinski definition) is 2. The lowest BCUT2D eigenvalue weighted by Gasteiger charge is -2.16. The molecule has 2 N–H and O–H groups in total. The fourth-order valence-electron chi connectivity index (χ4n) is 0.903. The minimum Gasteiger partial charge on any atom is -0.346 e. The average molecular weight is 346 g/mol. The molecule has 0 aromatic carbocycles. The minimum absolute atomic E-state index is 0.0657. The first-order valence-electron chi connectivity index (χ1n) is 5.64. The lowest BCUT2D eigenvalue weighted by atomic mass is 10.5. The zero-order chi connectivity index (χ0) is 17.2. The smallest absolute Gasteiger partial charge is 0.346 e. The maximum absolute atomic E-state index is 11.9. The number of carbonyl (C=O) groups excluding carboxylic acids is 2. The van der Waals surface area contributed by atoms with Crippen molar-refractivity contribution in [3.63, 3.8) is 0 Å². The van der Waals surface area contributed by atoms with Crippen LogP contribution < -0.4 is 10.6 Å². The molecule has 0 rings (SSSR count). The topological polar surface area (TPSA) is 103 Å². The standard InChI is InChI=1S/C10H14F3N2O6P/c1-3-4-14-8(16)7-21-22(18,19-2)20-6-5-15-9(17)10(11,12)13/h1H,4-7H2,2H3,(H,14,16)(H,15,17). The summed E-state index contributed by atoms with van der Waals surface area (Å²) < 4.78 is 61.0. The Labute approximate surface area is 124 Å². The number of carbonyl (C=O) groups is 2. The predicted molar refractivity (Wildman–Crippen MR) is 67.4 cm³/mol. The van der Waals surface area contributed by atoms with Crippen LogP contribution in [0, 0.1) is 12.3 Å². The lowest BCUT2D eigenvalue weighted by molar-refractivity contribution is -0.173. The van der Waals surface area contributed by atoms with Crippen molar-refractivity contribution in [2.45, 2.75) is 6.18 Å². The summed E-state index contributed by atoms with van der Waals surface area (Å²) in [7, 11) is -3.18. The third-order valence-electron chi connectivity index (χ3n) is 1.86. The predicted octanol–water partition coefficient (Wildman–Crippen LogP) is 0.202. The number of phosphoric acid groups is 1. The molecule has 0 aromatic heterocycles. The largest absolute Gasteiger partial charge is 0.475 e. The molecule has 0 saturated carbocycles. The van der Waals surface area contributed by atoms with Gasteiger partial charge in [-0.05, 0) is 0 Å². The summed E-state index contributed by atoms with van der Waals surface area (Å²) in [4.78, 5) is 21.6. The van der Waals surface area contributed by atoms with E-state index in [-0.39, 0.29) is 6.54 Å². The zero-order valence-corrected chi connectivity index (χ0v) is 12.3. The Morgan fingerprint density at radius 3 is 2.41 bits per heavy atom. The van der Waals surface area contributed by atoms with Crippen molar-refractivity contribution in [3.8, 4) is 12.3 Å². The monoisotopic (exact) mass is 346 g/mol. The summed E-state index contributed by atoms with van der Waals surface area (Å²) in [5, 5.41) is 3.70. The molecule has 12 heteroatoms. The molecule has 0 aromatic rings. The maximum atomic E-state index is 11.9. The van der Waals surface area contributed by atoms with E-state index in [0.29, 0.717) is 0 Å². The van der Waals surface area contributed by atoms with Crippen LogP contribution >= 0.6 is 7.82 Å². The van der Waals surface area contributed by atoms with E-state index in [1.807, 2.05) is 0 Å². The van der Waals surface area contributed by atoms with Crippen LogP contribution in [0.2, 0.25) is 0 Å². The molecule has 0 fully saturated rings. The summed E-state index contributed by atoms with van der Waals surface area (Å²) in [6.45, 7) is -1.93. The summed E-state index contributed by atoms with van der Waals surface area (Å²) in [6.07, 6.45) is -0.135. The van der Waals surface area contributed by atoms with E-state index in [9.17, 15) is 27.3 Å². The van der Waals surface area contributed by atoms with E-state index in [2.05, 4.69) is 24.8 Å². The quantitative estimate of drug-likeness (QED) is 0.351. The summed E-state index contributed by atoms with van der Waals surface area (Å²) in [5.41, 5.74) is 0. The van der Waals surface area contributed by atoms with Crippen molar-refractivity contribution >= 4 is 19.6 Å². The van der Waals surface area contributed by atoms with Crippen LogP contribution in [0.3, 0.4) is 0 Å². The molecule has 0 heterocycles. The number of rotatable bonds is 9. The van der Waals surface area contributed by atoms with Gasteiger partial charge in [-0.25, -0.2) is 4.57 Å². The number of amides is 2. The van der Waals surface area contributed by atoms with Gasteiger partial charge in [0, 0.05) is 13.7 Å². The summed E-state index contributed by atoms with van der Waals surface area (Å²) >= 11 is 0. The number of hydrogen-bond acceptors (Lipinski definition) is 6. The third-order valence-corrected chi connectivity index (χ3v) is 3.25. The molecule has 1 atom stereocenters. The van der Waals surface area contributed by atoms with Gasteiger partial charge in [0.15, 0.2) is 0 Å².